The Morgan fingerprint density at radius 2 is 1.82 bits per heavy atom. The molecule has 7 nitrogen and oxygen atoms in total. The molecule has 0 aliphatic rings. The minimum Gasteiger partial charge on any atom is -0.437 e. The van der Waals surface area contributed by atoms with Crippen LogP contribution in [0.15, 0.2) is 59.0 Å². The summed E-state index contributed by atoms with van der Waals surface area (Å²) in [6.45, 7) is 4.36. The van der Waals surface area contributed by atoms with Gasteiger partial charge < -0.3 is 14.8 Å². The van der Waals surface area contributed by atoms with Gasteiger partial charge in [-0.2, -0.15) is 18.3 Å². The van der Waals surface area contributed by atoms with Crippen molar-refractivity contribution in [1.29, 1.82) is 0 Å². The van der Waals surface area contributed by atoms with Gasteiger partial charge in [0, 0.05) is 12.2 Å². The maximum Gasteiger partial charge on any atom is 0.426 e. The van der Waals surface area contributed by atoms with Gasteiger partial charge in [0.1, 0.15) is 5.52 Å². The smallest absolute Gasteiger partial charge is 0.426 e. The number of carbonyl (C=O) groups is 1. The first-order valence-electron chi connectivity index (χ1n) is 10.6. The standard InChI is InChI=1S/C24H23F3N4O3/c1-15-10-16(2)31(30-15)14-18-7-5-6-17(11-18)13-28-21(32)12-23(33,24(25,26)27)22-29-19-8-3-4-9-20(19)34-22/h3-11,33H,12-14H2,1-2H3,(H,28,32)/t23-/m0/s1. The van der Waals surface area contributed by atoms with Crippen LogP contribution in [0.4, 0.5) is 13.2 Å². The molecule has 0 saturated carbocycles. The Morgan fingerprint density at radius 1 is 1.09 bits per heavy atom. The number of para-hydroxylation sites is 2. The highest BCUT2D eigenvalue weighted by Gasteiger charge is 2.59. The molecule has 0 spiro atoms. The first-order chi connectivity index (χ1) is 16.0. The molecule has 0 unspecified atom stereocenters. The van der Waals surface area contributed by atoms with Gasteiger partial charge in [0.15, 0.2) is 5.58 Å². The van der Waals surface area contributed by atoms with E-state index in [1.165, 1.54) is 12.1 Å². The van der Waals surface area contributed by atoms with E-state index in [1.54, 1.807) is 24.3 Å². The third kappa shape index (κ3) is 4.81. The lowest BCUT2D eigenvalue weighted by Crippen LogP contribution is -2.46. The molecular weight excluding hydrogens is 449 g/mol. The molecule has 2 N–H and O–H groups in total. The zero-order valence-electron chi connectivity index (χ0n) is 18.6. The second kappa shape index (κ2) is 8.94. The molecule has 4 aromatic rings. The van der Waals surface area contributed by atoms with Crippen molar-refractivity contribution in [2.24, 2.45) is 0 Å². The Kier molecular flexibility index (Phi) is 6.18. The molecule has 0 aliphatic carbocycles. The molecule has 1 atom stereocenters. The number of halogens is 3. The number of alkyl halides is 3. The van der Waals surface area contributed by atoms with Crippen molar-refractivity contribution in [3.63, 3.8) is 0 Å². The first-order valence-corrected chi connectivity index (χ1v) is 10.6. The molecule has 2 heterocycles. The number of aliphatic hydroxyl groups is 1. The molecule has 0 saturated heterocycles. The number of amides is 1. The Bertz CT molecular complexity index is 1300. The number of nitrogens with one attached hydrogen (secondary N) is 1. The number of rotatable bonds is 7. The Hall–Kier alpha value is -3.66. The van der Waals surface area contributed by atoms with Gasteiger partial charge in [-0.25, -0.2) is 4.98 Å². The van der Waals surface area contributed by atoms with Gasteiger partial charge in [0.25, 0.3) is 0 Å². The molecule has 0 bridgehead atoms. The van der Waals surface area contributed by atoms with Crippen LogP contribution in [0, 0.1) is 13.8 Å². The minimum atomic E-state index is -5.18. The summed E-state index contributed by atoms with van der Waals surface area (Å²) in [5.74, 6) is -1.96. The van der Waals surface area contributed by atoms with Gasteiger partial charge in [0.05, 0.1) is 18.7 Å². The average Bonchev–Trinajstić information content (AvgIpc) is 3.34. The van der Waals surface area contributed by atoms with Crippen LogP contribution in [0.2, 0.25) is 0 Å². The summed E-state index contributed by atoms with van der Waals surface area (Å²) in [6, 6.07) is 15.3. The number of carbonyl (C=O) groups excluding carboxylic acids is 1. The summed E-state index contributed by atoms with van der Waals surface area (Å²) in [7, 11) is 0. The molecule has 0 radical (unpaired) electrons. The summed E-state index contributed by atoms with van der Waals surface area (Å²) >= 11 is 0. The van der Waals surface area contributed by atoms with Crippen LogP contribution < -0.4 is 5.32 Å². The quantitative estimate of drug-likeness (QED) is 0.422. The zero-order chi connectivity index (χ0) is 24.5. The molecule has 4 rings (SSSR count). The molecule has 34 heavy (non-hydrogen) atoms. The van der Waals surface area contributed by atoms with E-state index in [0.717, 1.165) is 17.0 Å². The van der Waals surface area contributed by atoms with E-state index in [-0.39, 0.29) is 17.6 Å². The highest BCUT2D eigenvalue weighted by molar-refractivity contribution is 5.78. The summed E-state index contributed by atoms with van der Waals surface area (Å²) < 4.78 is 48.4. The number of fused-ring (bicyclic) bond motifs is 1. The third-order valence-electron chi connectivity index (χ3n) is 5.45. The lowest BCUT2D eigenvalue weighted by molar-refractivity contribution is -0.274. The van der Waals surface area contributed by atoms with Gasteiger partial charge in [-0.1, -0.05) is 36.4 Å². The van der Waals surface area contributed by atoms with Gasteiger partial charge in [-0.3, -0.25) is 9.48 Å². The third-order valence-corrected chi connectivity index (χ3v) is 5.45. The number of benzene rings is 2. The Morgan fingerprint density at radius 3 is 2.50 bits per heavy atom. The van der Waals surface area contributed by atoms with Gasteiger partial charge in [-0.15, -0.1) is 0 Å². The summed E-state index contributed by atoms with van der Waals surface area (Å²) in [5, 5.41) is 17.3. The van der Waals surface area contributed by atoms with Crippen molar-refractivity contribution in [3.8, 4) is 0 Å². The summed E-state index contributed by atoms with van der Waals surface area (Å²) in [4.78, 5) is 16.2. The van der Waals surface area contributed by atoms with Crippen molar-refractivity contribution < 1.29 is 27.5 Å². The number of hydrogen-bond donors (Lipinski definition) is 2. The maximum absolute atomic E-state index is 13.8. The normalized spacial score (nSPS) is 13.7. The lowest BCUT2D eigenvalue weighted by Gasteiger charge is -2.26. The number of aryl methyl sites for hydroxylation is 2. The number of hydrogen-bond acceptors (Lipinski definition) is 5. The molecule has 178 valence electrons. The van der Waals surface area contributed by atoms with Crippen LogP contribution in [0.1, 0.15) is 34.8 Å². The van der Waals surface area contributed by atoms with E-state index in [9.17, 15) is 23.1 Å². The lowest BCUT2D eigenvalue weighted by atomic mass is 9.98. The molecule has 0 aliphatic heterocycles. The molecule has 0 fully saturated rings. The number of aromatic nitrogens is 3. The SMILES string of the molecule is Cc1cc(C)n(Cc2cccc(CNC(=O)C[C@](O)(c3nc4ccccc4o3)C(F)(F)F)c2)n1. The second-order valence-electron chi connectivity index (χ2n) is 8.20. The fourth-order valence-corrected chi connectivity index (χ4v) is 3.69. The largest absolute Gasteiger partial charge is 0.437 e. The molecule has 10 heteroatoms. The van der Waals surface area contributed by atoms with E-state index >= 15 is 0 Å². The molecular formula is C24H23F3N4O3. The molecule has 2 aromatic heterocycles. The Balaban J connectivity index is 1.46. The topological polar surface area (TPSA) is 93.2 Å². The van der Waals surface area contributed by atoms with Crippen molar-refractivity contribution in [2.75, 3.05) is 0 Å². The highest BCUT2D eigenvalue weighted by Crippen LogP contribution is 2.42. The van der Waals surface area contributed by atoms with Crippen molar-refractivity contribution in [2.45, 2.75) is 45.1 Å². The van der Waals surface area contributed by atoms with Crippen molar-refractivity contribution in [1.82, 2.24) is 20.1 Å². The van der Waals surface area contributed by atoms with E-state index in [4.69, 9.17) is 4.42 Å². The van der Waals surface area contributed by atoms with E-state index in [1.807, 2.05) is 36.7 Å². The maximum atomic E-state index is 13.8. The monoisotopic (exact) mass is 472 g/mol. The molecule has 1 amide bonds. The fourth-order valence-electron chi connectivity index (χ4n) is 3.69. The van der Waals surface area contributed by atoms with E-state index < -0.39 is 30.0 Å². The fraction of sp³-hybridized carbons (Fsp3) is 0.292. The Labute approximate surface area is 193 Å². The predicted molar refractivity (Wildman–Crippen MR) is 118 cm³/mol. The minimum absolute atomic E-state index is 0.00864. The summed E-state index contributed by atoms with van der Waals surface area (Å²) in [5.41, 5.74) is 0.202. The van der Waals surface area contributed by atoms with Crippen LogP contribution in [0.3, 0.4) is 0 Å². The van der Waals surface area contributed by atoms with Crippen LogP contribution >= 0.6 is 0 Å². The molecule has 2 aromatic carbocycles. The highest BCUT2D eigenvalue weighted by atomic mass is 19.4. The average molecular weight is 472 g/mol. The zero-order valence-corrected chi connectivity index (χ0v) is 18.6. The predicted octanol–water partition coefficient (Wildman–Crippen LogP) is 4.15. The first kappa shape index (κ1) is 23.5. The van der Waals surface area contributed by atoms with Crippen LogP contribution in [0.25, 0.3) is 11.1 Å². The van der Waals surface area contributed by atoms with E-state index in [0.29, 0.717) is 12.1 Å². The number of nitrogens with zero attached hydrogens (tertiary/aromatic N) is 3. The van der Waals surface area contributed by atoms with E-state index in [2.05, 4.69) is 15.4 Å². The number of oxazole rings is 1. The van der Waals surface area contributed by atoms with Crippen LogP contribution in [-0.4, -0.2) is 32.0 Å². The van der Waals surface area contributed by atoms with Gasteiger partial charge in [0.2, 0.25) is 17.4 Å². The summed E-state index contributed by atoms with van der Waals surface area (Å²) in [6.07, 6.45) is -6.46. The van der Waals surface area contributed by atoms with Crippen LogP contribution in [-0.2, 0) is 23.5 Å². The van der Waals surface area contributed by atoms with Crippen molar-refractivity contribution >= 4 is 17.0 Å². The van der Waals surface area contributed by atoms with Gasteiger partial charge >= 0.3 is 6.18 Å². The van der Waals surface area contributed by atoms with Crippen LogP contribution in [0.5, 0.6) is 0 Å². The van der Waals surface area contributed by atoms with Crippen molar-refractivity contribution in [3.05, 3.63) is 83.0 Å². The second-order valence-corrected chi connectivity index (χ2v) is 8.20. The van der Waals surface area contributed by atoms with Gasteiger partial charge in [-0.05, 0) is 43.2 Å².